The molecule has 0 fully saturated rings. The van der Waals surface area contributed by atoms with Crippen molar-refractivity contribution in [2.24, 2.45) is 0 Å². The van der Waals surface area contributed by atoms with E-state index in [4.69, 9.17) is 0 Å². The van der Waals surface area contributed by atoms with Crippen LogP contribution in [0.5, 0.6) is 0 Å². The zero-order valence-corrected chi connectivity index (χ0v) is 14.4. The average Bonchev–Trinajstić information content (AvgIpc) is 2.66. The van der Waals surface area contributed by atoms with E-state index in [1.807, 2.05) is 42.3 Å². The number of amides is 1. The van der Waals surface area contributed by atoms with Crippen molar-refractivity contribution in [3.8, 4) is 0 Å². The van der Waals surface area contributed by atoms with E-state index in [9.17, 15) is 4.79 Å². The number of hydrogen-bond donors (Lipinski definition) is 1. The maximum absolute atomic E-state index is 12.5. The van der Waals surface area contributed by atoms with Crippen LogP contribution in [-0.2, 0) is 0 Å². The summed E-state index contributed by atoms with van der Waals surface area (Å²) < 4.78 is 0. The minimum atomic E-state index is -0.298. The Kier molecular flexibility index (Phi) is 5.18. The molecule has 0 bridgehead atoms. The minimum absolute atomic E-state index is 0.278. The summed E-state index contributed by atoms with van der Waals surface area (Å²) >= 11 is 0. The van der Waals surface area contributed by atoms with Gasteiger partial charge in [-0.25, -0.2) is 9.97 Å². The van der Waals surface area contributed by atoms with E-state index >= 15 is 0 Å². The first kappa shape index (κ1) is 16.8. The van der Waals surface area contributed by atoms with Crippen molar-refractivity contribution in [3.63, 3.8) is 0 Å². The number of pyridine rings is 1. The van der Waals surface area contributed by atoms with E-state index < -0.39 is 0 Å². The molecule has 1 aromatic carbocycles. The number of nitrogens with one attached hydrogen (secondary N) is 1. The second-order valence-corrected chi connectivity index (χ2v) is 5.87. The molecule has 1 amide bonds. The second-order valence-electron chi connectivity index (χ2n) is 5.87. The largest absolute Gasteiger partial charge is 0.358 e. The van der Waals surface area contributed by atoms with Crippen LogP contribution in [0.15, 0.2) is 48.9 Å². The third kappa shape index (κ3) is 3.91. The molecule has 0 aliphatic rings. The van der Waals surface area contributed by atoms with Gasteiger partial charge in [-0.3, -0.25) is 9.78 Å². The van der Waals surface area contributed by atoms with Crippen molar-refractivity contribution in [2.45, 2.75) is 19.8 Å². The lowest BCUT2D eigenvalue weighted by atomic mass is 10.2. The van der Waals surface area contributed by atoms with Crippen molar-refractivity contribution >= 4 is 28.3 Å². The maximum Gasteiger partial charge on any atom is 0.275 e. The molecule has 25 heavy (non-hydrogen) atoms. The summed E-state index contributed by atoms with van der Waals surface area (Å²) in [4.78, 5) is 27.4. The normalized spacial score (nSPS) is 10.6. The van der Waals surface area contributed by atoms with Gasteiger partial charge in [0.1, 0.15) is 11.5 Å². The SMILES string of the molecule is CCCCN(C)c1cnc(C(=O)Nc2cccc3cccnc23)cn1. The molecule has 128 valence electrons. The molecule has 6 nitrogen and oxygen atoms in total. The molecule has 1 N–H and O–H groups in total. The fourth-order valence-corrected chi connectivity index (χ4v) is 2.54. The van der Waals surface area contributed by atoms with Gasteiger partial charge in [-0.05, 0) is 18.6 Å². The van der Waals surface area contributed by atoms with E-state index in [0.29, 0.717) is 5.69 Å². The monoisotopic (exact) mass is 335 g/mol. The fourth-order valence-electron chi connectivity index (χ4n) is 2.54. The third-order valence-electron chi connectivity index (χ3n) is 3.99. The van der Waals surface area contributed by atoms with Crippen LogP contribution in [0.25, 0.3) is 10.9 Å². The van der Waals surface area contributed by atoms with Gasteiger partial charge in [-0.2, -0.15) is 0 Å². The maximum atomic E-state index is 12.5. The molecule has 0 atom stereocenters. The molecule has 3 aromatic rings. The lowest BCUT2D eigenvalue weighted by molar-refractivity contribution is 0.102. The number of unbranched alkanes of at least 4 members (excludes halogenated alkanes) is 1. The topological polar surface area (TPSA) is 71.0 Å². The van der Waals surface area contributed by atoms with Gasteiger partial charge >= 0.3 is 0 Å². The predicted octanol–water partition coefficient (Wildman–Crippen LogP) is 3.51. The highest BCUT2D eigenvalue weighted by Crippen LogP contribution is 2.21. The van der Waals surface area contributed by atoms with Crippen LogP contribution < -0.4 is 10.2 Å². The van der Waals surface area contributed by atoms with Crippen LogP contribution in [-0.4, -0.2) is 34.5 Å². The van der Waals surface area contributed by atoms with Crippen molar-refractivity contribution in [2.75, 3.05) is 23.8 Å². The second kappa shape index (κ2) is 7.70. The van der Waals surface area contributed by atoms with E-state index in [1.165, 1.54) is 6.20 Å². The van der Waals surface area contributed by atoms with Crippen molar-refractivity contribution in [1.29, 1.82) is 0 Å². The first-order valence-corrected chi connectivity index (χ1v) is 8.37. The summed E-state index contributed by atoms with van der Waals surface area (Å²) in [6, 6.07) is 9.50. The lowest BCUT2D eigenvalue weighted by Gasteiger charge is -2.17. The van der Waals surface area contributed by atoms with Crippen molar-refractivity contribution in [3.05, 3.63) is 54.6 Å². The summed E-state index contributed by atoms with van der Waals surface area (Å²) in [6.45, 7) is 3.06. The van der Waals surface area contributed by atoms with Gasteiger partial charge in [0.2, 0.25) is 0 Å². The molecular weight excluding hydrogens is 314 g/mol. The molecule has 0 spiro atoms. The van der Waals surface area contributed by atoms with Crippen LogP contribution in [0.3, 0.4) is 0 Å². The van der Waals surface area contributed by atoms with Gasteiger partial charge in [-0.1, -0.05) is 31.5 Å². The van der Waals surface area contributed by atoms with Crippen LogP contribution in [0.1, 0.15) is 30.3 Å². The lowest BCUT2D eigenvalue weighted by Crippen LogP contribution is -2.21. The molecule has 2 aromatic heterocycles. The predicted molar refractivity (Wildman–Crippen MR) is 99.9 cm³/mol. The number of anilines is 2. The van der Waals surface area contributed by atoms with Crippen molar-refractivity contribution < 1.29 is 4.79 Å². The number of carbonyl (C=O) groups excluding carboxylic acids is 1. The zero-order valence-electron chi connectivity index (χ0n) is 14.4. The van der Waals surface area contributed by atoms with Crippen LogP contribution in [0.4, 0.5) is 11.5 Å². The van der Waals surface area contributed by atoms with Gasteiger partial charge in [0.25, 0.3) is 5.91 Å². The highest BCUT2D eigenvalue weighted by Gasteiger charge is 2.12. The molecular formula is C19H21N5O. The first-order valence-electron chi connectivity index (χ1n) is 8.37. The molecule has 0 radical (unpaired) electrons. The summed E-state index contributed by atoms with van der Waals surface area (Å²) in [5, 5.41) is 3.84. The van der Waals surface area contributed by atoms with Gasteiger partial charge < -0.3 is 10.2 Å². The molecule has 0 aliphatic heterocycles. The highest BCUT2D eigenvalue weighted by molar-refractivity contribution is 6.07. The van der Waals surface area contributed by atoms with Crippen LogP contribution >= 0.6 is 0 Å². The highest BCUT2D eigenvalue weighted by atomic mass is 16.1. The first-order chi connectivity index (χ1) is 12.2. The molecule has 0 aliphatic carbocycles. The molecule has 3 rings (SSSR count). The Labute approximate surface area is 146 Å². The van der Waals surface area contributed by atoms with E-state index in [1.54, 1.807) is 12.4 Å². The number of rotatable bonds is 6. The molecule has 0 unspecified atom stereocenters. The summed E-state index contributed by atoms with van der Waals surface area (Å²) in [7, 11) is 1.97. The smallest absolute Gasteiger partial charge is 0.275 e. The van der Waals surface area contributed by atoms with Crippen LogP contribution in [0.2, 0.25) is 0 Å². The van der Waals surface area contributed by atoms with E-state index in [0.717, 1.165) is 36.1 Å². The minimum Gasteiger partial charge on any atom is -0.358 e. The molecule has 6 heteroatoms. The third-order valence-corrected chi connectivity index (χ3v) is 3.99. The number of benzene rings is 1. The summed E-state index contributed by atoms with van der Waals surface area (Å²) in [6.07, 6.45) is 7.06. The van der Waals surface area contributed by atoms with E-state index in [-0.39, 0.29) is 11.6 Å². The number of hydrogen-bond acceptors (Lipinski definition) is 5. The Bertz CT molecular complexity index is 858. The average molecular weight is 335 g/mol. The summed E-state index contributed by atoms with van der Waals surface area (Å²) in [5.41, 5.74) is 1.69. The fraction of sp³-hybridized carbons (Fsp3) is 0.263. The van der Waals surface area contributed by atoms with Gasteiger partial charge in [-0.15, -0.1) is 0 Å². The molecule has 0 saturated carbocycles. The molecule has 0 saturated heterocycles. The number of carbonyl (C=O) groups is 1. The Hall–Kier alpha value is -3.02. The quantitative estimate of drug-likeness (QED) is 0.746. The van der Waals surface area contributed by atoms with Gasteiger partial charge in [0.15, 0.2) is 0 Å². The number of fused-ring (bicyclic) bond motifs is 1. The number of nitrogens with zero attached hydrogens (tertiary/aromatic N) is 4. The van der Waals surface area contributed by atoms with Gasteiger partial charge in [0.05, 0.1) is 23.6 Å². The summed E-state index contributed by atoms with van der Waals surface area (Å²) in [5.74, 6) is 0.463. The number of para-hydroxylation sites is 1. The van der Waals surface area contributed by atoms with E-state index in [2.05, 4.69) is 27.2 Å². The Balaban J connectivity index is 1.75. The Morgan fingerprint density at radius 1 is 1.12 bits per heavy atom. The molecule has 2 heterocycles. The van der Waals surface area contributed by atoms with Gasteiger partial charge in [0, 0.05) is 25.2 Å². The zero-order chi connectivity index (χ0) is 17.6. The standard InChI is InChI=1S/C19H21N5O/c1-3-4-11-24(2)17-13-21-16(12-22-17)19(25)23-15-9-5-7-14-8-6-10-20-18(14)15/h5-10,12-13H,3-4,11H2,1-2H3,(H,23,25). The van der Waals surface area contributed by atoms with Crippen molar-refractivity contribution in [1.82, 2.24) is 15.0 Å². The number of aromatic nitrogens is 3. The Morgan fingerprint density at radius 3 is 2.72 bits per heavy atom. The van der Waals surface area contributed by atoms with Crippen LogP contribution in [0, 0.1) is 0 Å². The Morgan fingerprint density at radius 2 is 1.96 bits per heavy atom.